The smallest absolute Gasteiger partial charge is 0.314 e. The third-order valence-corrected chi connectivity index (χ3v) is 7.65. The molecule has 0 saturated heterocycles. The molecule has 142 valence electrons. The Bertz CT molecular complexity index is 1010. The maximum Gasteiger partial charge on any atom is 0.314 e. The number of benzene rings is 2. The van der Waals surface area contributed by atoms with Crippen molar-refractivity contribution in [3.8, 4) is 11.5 Å². The summed E-state index contributed by atoms with van der Waals surface area (Å²) in [4.78, 5) is 12.0. The van der Waals surface area contributed by atoms with Gasteiger partial charge in [0.15, 0.2) is 21.3 Å². The Balaban J connectivity index is 1.80. The van der Waals surface area contributed by atoms with Crippen LogP contribution in [0.2, 0.25) is 0 Å². The van der Waals surface area contributed by atoms with Gasteiger partial charge in [0.2, 0.25) is 6.79 Å². The van der Waals surface area contributed by atoms with Crippen LogP contribution in [0.15, 0.2) is 47.4 Å². The molecule has 0 unspecified atom stereocenters. The highest BCUT2D eigenvalue weighted by Crippen LogP contribution is 2.64. The Kier molecular flexibility index (Phi) is 3.94. The SMILES string of the molecule is Cc1ccc(S(=O)(=O)[C@@H]2[C@H](c3ccc4c(c3)OCO4)[C@@]2(CO)C(=O)O)cc1. The van der Waals surface area contributed by atoms with E-state index in [2.05, 4.69) is 0 Å². The summed E-state index contributed by atoms with van der Waals surface area (Å²) in [6.45, 7) is 1.11. The normalized spacial score (nSPS) is 26.0. The molecule has 8 heteroatoms. The number of hydrogen-bond acceptors (Lipinski definition) is 6. The molecule has 0 spiro atoms. The number of carboxylic acids is 1. The van der Waals surface area contributed by atoms with Gasteiger partial charge in [-0.25, -0.2) is 8.42 Å². The van der Waals surface area contributed by atoms with Gasteiger partial charge >= 0.3 is 5.97 Å². The Labute approximate surface area is 156 Å². The number of aliphatic hydroxyl groups is 1. The molecule has 2 aromatic rings. The summed E-state index contributed by atoms with van der Waals surface area (Å²) in [6, 6.07) is 11.1. The fourth-order valence-electron chi connectivity index (χ4n) is 3.82. The second kappa shape index (κ2) is 5.97. The van der Waals surface area contributed by atoms with Crippen LogP contribution in [-0.2, 0) is 14.6 Å². The lowest BCUT2D eigenvalue weighted by molar-refractivity contribution is -0.145. The van der Waals surface area contributed by atoms with Gasteiger partial charge < -0.3 is 19.7 Å². The predicted octanol–water partition coefficient (Wildman–Crippen LogP) is 1.73. The van der Waals surface area contributed by atoms with Gasteiger partial charge in [-0.15, -0.1) is 0 Å². The van der Waals surface area contributed by atoms with Crippen LogP contribution in [0.3, 0.4) is 0 Å². The number of sulfone groups is 1. The number of hydrogen-bond donors (Lipinski definition) is 2. The molecule has 0 radical (unpaired) electrons. The number of rotatable bonds is 5. The first kappa shape index (κ1) is 17.8. The Morgan fingerprint density at radius 1 is 1.15 bits per heavy atom. The van der Waals surface area contributed by atoms with Crippen molar-refractivity contribution in [2.75, 3.05) is 13.4 Å². The molecule has 0 aromatic heterocycles. The third kappa shape index (κ3) is 2.51. The molecule has 2 aliphatic rings. The van der Waals surface area contributed by atoms with Crippen molar-refractivity contribution >= 4 is 15.8 Å². The topological polar surface area (TPSA) is 110 Å². The van der Waals surface area contributed by atoms with Crippen LogP contribution in [0.4, 0.5) is 0 Å². The fourth-order valence-corrected chi connectivity index (χ4v) is 6.19. The number of aliphatic carboxylic acids is 1. The second-order valence-corrected chi connectivity index (χ2v) is 8.94. The zero-order chi connectivity index (χ0) is 19.4. The molecule has 2 N–H and O–H groups in total. The van der Waals surface area contributed by atoms with E-state index in [1.165, 1.54) is 12.1 Å². The van der Waals surface area contributed by atoms with Crippen LogP contribution in [0.25, 0.3) is 0 Å². The molecule has 4 rings (SSSR count). The van der Waals surface area contributed by atoms with Crippen molar-refractivity contribution in [2.24, 2.45) is 5.41 Å². The summed E-state index contributed by atoms with van der Waals surface area (Å²) in [5, 5.41) is 18.4. The van der Waals surface area contributed by atoms with E-state index in [4.69, 9.17) is 9.47 Å². The van der Waals surface area contributed by atoms with Crippen molar-refractivity contribution in [3.05, 3.63) is 53.6 Å². The monoisotopic (exact) mass is 390 g/mol. The molecule has 0 bridgehead atoms. The Morgan fingerprint density at radius 3 is 2.44 bits per heavy atom. The van der Waals surface area contributed by atoms with Gasteiger partial charge in [0, 0.05) is 5.92 Å². The first-order valence-electron chi connectivity index (χ1n) is 8.37. The van der Waals surface area contributed by atoms with Gasteiger partial charge in [-0.05, 0) is 36.8 Å². The van der Waals surface area contributed by atoms with E-state index >= 15 is 0 Å². The highest BCUT2D eigenvalue weighted by Gasteiger charge is 2.75. The second-order valence-electron chi connectivity index (χ2n) is 6.87. The van der Waals surface area contributed by atoms with Crippen LogP contribution < -0.4 is 9.47 Å². The lowest BCUT2D eigenvalue weighted by Crippen LogP contribution is -2.27. The van der Waals surface area contributed by atoms with Gasteiger partial charge in [-0.1, -0.05) is 23.8 Å². The van der Waals surface area contributed by atoms with E-state index in [0.29, 0.717) is 17.1 Å². The van der Waals surface area contributed by atoms with E-state index in [1.54, 1.807) is 30.3 Å². The van der Waals surface area contributed by atoms with E-state index in [9.17, 15) is 23.4 Å². The average molecular weight is 390 g/mol. The summed E-state index contributed by atoms with van der Waals surface area (Å²) in [5.74, 6) is -1.28. The van der Waals surface area contributed by atoms with Crippen LogP contribution in [0, 0.1) is 12.3 Å². The van der Waals surface area contributed by atoms with E-state index in [0.717, 1.165) is 5.56 Å². The molecule has 1 fully saturated rings. The quantitative estimate of drug-likeness (QED) is 0.800. The molecule has 1 aliphatic heterocycles. The average Bonchev–Trinajstić information content (AvgIpc) is 3.15. The number of ether oxygens (including phenoxy) is 2. The molecule has 1 heterocycles. The maximum atomic E-state index is 13.2. The molecule has 7 nitrogen and oxygen atoms in total. The zero-order valence-corrected chi connectivity index (χ0v) is 15.3. The van der Waals surface area contributed by atoms with Crippen molar-refractivity contribution in [1.29, 1.82) is 0 Å². The van der Waals surface area contributed by atoms with Crippen molar-refractivity contribution < 1.29 is 32.9 Å². The number of aliphatic hydroxyl groups excluding tert-OH is 1. The van der Waals surface area contributed by atoms with E-state index in [-0.39, 0.29) is 11.7 Å². The van der Waals surface area contributed by atoms with Gasteiger partial charge in [0.05, 0.1) is 16.8 Å². The van der Waals surface area contributed by atoms with Gasteiger partial charge in [-0.3, -0.25) is 4.79 Å². The van der Waals surface area contributed by atoms with Gasteiger partial charge in [0.1, 0.15) is 5.41 Å². The number of aryl methyl sites for hydroxylation is 1. The predicted molar refractivity (Wildman–Crippen MR) is 94.6 cm³/mol. The van der Waals surface area contributed by atoms with Crippen LogP contribution in [-0.4, -0.2) is 43.2 Å². The molecule has 1 saturated carbocycles. The lowest BCUT2D eigenvalue weighted by Gasteiger charge is -2.10. The van der Waals surface area contributed by atoms with Crippen LogP contribution in [0.5, 0.6) is 11.5 Å². The van der Waals surface area contributed by atoms with Crippen molar-refractivity contribution in [3.63, 3.8) is 0 Å². The fraction of sp³-hybridized carbons (Fsp3) is 0.316. The summed E-state index contributed by atoms with van der Waals surface area (Å²) in [7, 11) is -3.97. The van der Waals surface area contributed by atoms with Crippen LogP contribution >= 0.6 is 0 Å². The summed E-state index contributed by atoms with van der Waals surface area (Å²) < 4.78 is 36.9. The van der Waals surface area contributed by atoms with Crippen LogP contribution in [0.1, 0.15) is 17.0 Å². The Morgan fingerprint density at radius 2 is 1.81 bits per heavy atom. The maximum absolute atomic E-state index is 13.2. The molecule has 1 aliphatic carbocycles. The summed E-state index contributed by atoms with van der Waals surface area (Å²) >= 11 is 0. The minimum atomic E-state index is -3.97. The minimum absolute atomic E-state index is 0.0421. The number of carboxylic acid groups (broad SMARTS) is 1. The van der Waals surface area contributed by atoms with Gasteiger partial charge in [-0.2, -0.15) is 0 Å². The highest BCUT2D eigenvalue weighted by atomic mass is 32.2. The van der Waals surface area contributed by atoms with E-state index in [1.807, 2.05) is 6.92 Å². The molecule has 3 atom stereocenters. The third-order valence-electron chi connectivity index (χ3n) is 5.36. The number of carbonyl (C=O) groups is 1. The highest BCUT2D eigenvalue weighted by molar-refractivity contribution is 7.92. The van der Waals surface area contributed by atoms with E-state index < -0.39 is 39.0 Å². The van der Waals surface area contributed by atoms with Crippen molar-refractivity contribution in [2.45, 2.75) is 23.0 Å². The largest absolute Gasteiger partial charge is 0.481 e. The number of fused-ring (bicyclic) bond motifs is 1. The molecular weight excluding hydrogens is 372 g/mol. The molecular formula is C19H18O7S. The zero-order valence-electron chi connectivity index (χ0n) is 14.5. The van der Waals surface area contributed by atoms with Crippen molar-refractivity contribution in [1.82, 2.24) is 0 Å². The first-order valence-corrected chi connectivity index (χ1v) is 9.91. The lowest BCUT2D eigenvalue weighted by atomic mass is 10.00. The molecule has 0 amide bonds. The standard InChI is InChI=1S/C19H18O7S/c1-11-2-5-13(6-3-11)27(23,24)17-16(19(17,9-20)18(21)22)12-4-7-14-15(8-12)26-10-25-14/h2-8,16-17,20H,9-10H2,1H3,(H,21,22)/t16-,17+,19+/m0/s1. The molecule has 2 aromatic carbocycles. The van der Waals surface area contributed by atoms with Gasteiger partial charge in [0.25, 0.3) is 0 Å². The Hall–Kier alpha value is -2.58. The summed E-state index contributed by atoms with van der Waals surface area (Å²) in [5.41, 5.74) is -0.419. The minimum Gasteiger partial charge on any atom is -0.481 e. The molecule has 27 heavy (non-hydrogen) atoms. The summed E-state index contributed by atoms with van der Waals surface area (Å²) in [6.07, 6.45) is 0. The first-order chi connectivity index (χ1) is 12.8.